The Morgan fingerprint density at radius 2 is 2.10 bits per heavy atom. The third-order valence-electron chi connectivity index (χ3n) is 3.70. The van der Waals surface area contributed by atoms with Crippen LogP contribution < -0.4 is 10.1 Å². The molecule has 1 aliphatic rings. The SMILES string of the molecule is CC(C)Oc1cccc(CNCc2cc3c(s2)CCC3)c1. The molecule has 1 aromatic heterocycles. The van der Waals surface area contributed by atoms with Crippen molar-refractivity contribution in [1.82, 2.24) is 5.32 Å². The Balaban J connectivity index is 1.52. The topological polar surface area (TPSA) is 21.3 Å². The molecule has 0 saturated heterocycles. The van der Waals surface area contributed by atoms with Crippen molar-refractivity contribution in [3.63, 3.8) is 0 Å². The van der Waals surface area contributed by atoms with Crippen molar-refractivity contribution in [1.29, 1.82) is 0 Å². The lowest BCUT2D eigenvalue weighted by atomic mass is 10.2. The van der Waals surface area contributed by atoms with Gasteiger partial charge in [0.25, 0.3) is 0 Å². The first-order chi connectivity index (χ1) is 10.2. The Bertz CT molecular complexity index is 582. The van der Waals surface area contributed by atoms with Crippen LogP contribution in [0.5, 0.6) is 5.75 Å². The summed E-state index contributed by atoms with van der Waals surface area (Å²) in [6, 6.07) is 10.7. The van der Waals surface area contributed by atoms with Gasteiger partial charge >= 0.3 is 0 Å². The van der Waals surface area contributed by atoms with E-state index in [1.807, 2.05) is 17.4 Å². The number of hydrogen-bond donors (Lipinski definition) is 1. The van der Waals surface area contributed by atoms with Gasteiger partial charge in [0, 0.05) is 22.8 Å². The Morgan fingerprint density at radius 1 is 1.19 bits per heavy atom. The molecule has 3 heteroatoms. The van der Waals surface area contributed by atoms with Gasteiger partial charge in [-0.3, -0.25) is 0 Å². The highest BCUT2D eigenvalue weighted by Gasteiger charge is 2.14. The molecular formula is C18H23NOS. The molecule has 1 N–H and O–H groups in total. The van der Waals surface area contributed by atoms with Crippen LogP contribution in [0, 0.1) is 0 Å². The zero-order valence-corrected chi connectivity index (χ0v) is 13.6. The van der Waals surface area contributed by atoms with Crippen LogP contribution in [-0.2, 0) is 25.9 Å². The first kappa shape index (κ1) is 14.6. The fourth-order valence-electron chi connectivity index (χ4n) is 2.81. The summed E-state index contributed by atoms with van der Waals surface area (Å²) < 4.78 is 5.73. The second kappa shape index (κ2) is 6.63. The molecule has 0 fully saturated rings. The van der Waals surface area contributed by atoms with Crippen LogP contribution in [0.4, 0.5) is 0 Å². The number of aryl methyl sites for hydroxylation is 2. The molecule has 1 aliphatic carbocycles. The Morgan fingerprint density at radius 3 is 2.90 bits per heavy atom. The van der Waals surface area contributed by atoms with Crippen molar-refractivity contribution < 1.29 is 4.74 Å². The van der Waals surface area contributed by atoms with Crippen LogP contribution in [-0.4, -0.2) is 6.10 Å². The average Bonchev–Trinajstić information content (AvgIpc) is 2.99. The van der Waals surface area contributed by atoms with Gasteiger partial charge in [-0.2, -0.15) is 0 Å². The van der Waals surface area contributed by atoms with Crippen molar-refractivity contribution in [2.45, 2.75) is 52.3 Å². The second-order valence-electron chi connectivity index (χ2n) is 5.93. The van der Waals surface area contributed by atoms with E-state index < -0.39 is 0 Å². The van der Waals surface area contributed by atoms with Gasteiger partial charge in [-0.05, 0) is 62.4 Å². The van der Waals surface area contributed by atoms with Crippen LogP contribution in [0.15, 0.2) is 30.3 Å². The van der Waals surface area contributed by atoms with Crippen molar-refractivity contribution in [2.75, 3.05) is 0 Å². The van der Waals surface area contributed by atoms with E-state index >= 15 is 0 Å². The minimum Gasteiger partial charge on any atom is -0.491 e. The number of fused-ring (bicyclic) bond motifs is 1. The molecule has 3 rings (SSSR count). The summed E-state index contributed by atoms with van der Waals surface area (Å²) >= 11 is 1.98. The molecular weight excluding hydrogens is 278 g/mol. The van der Waals surface area contributed by atoms with E-state index in [1.165, 1.54) is 29.7 Å². The van der Waals surface area contributed by atoms with E-state index in [0.717, 1.165) is 18.8 Å². The fourth-order valence-corrected chi connectivity index (χ4v) is 4.04. The second-order valence-corrected chi connectivity index (χ2v) is 7.15. The monoisotopic (exact) mass is 301 g/mol. The minimum absolute atomic E-state index is 0.224. The lowest BCUT2D eigenvalue weighted by molar-refractivity contribution is 0.242. The predicted octanol–water partition coefficient (Wildman–Crippen LogP) is 4.31. The average molecular weight is 301 g/mol. The van der Waals surface area contributed by atoms with Gasteiger partial charge in [-0.15, -0.1) is 11.3 Å². The largest absolute Gasteiger partial charge is 0.491 e. The molecule has 0 radical (unpaired) electrons. The molecule has 1 aromatic carbocycles. The minimum atomic E-state index is 0.224. The number of hydrogen-bond acceptors (Lipinski definition) is 3. The highest BCUT2D eigenvalue weighted by Crippen LogP contribution is 2.30. The number of rotatable bonds is 6. The molecule has 21 heavy (non-hydrogen) atoms. The molecule has 1 heterocycles. The van der Waals surface area contributed by atoms with Crippen LogP contribution in [0.3, 0.4) is 0 Å². The summed E-state index contributed by atoms with van der Waals surface area (Å²) in [7, 11) is 0. The van der Waals surface area contributed by atoms with Crippen LogP contribution in [0.2, 0.25) is 0 Å². The van der Waals surface area contributed by atoms with E-state index in [1.54, 1.807) is 10.4 Å². The maximum Gasteiger partial charge on any atom is 0.120 e. The summed E-state index contributed by atoms with van der Waals surface area (Å²) in [6.07, 6.45) is 4.13. The van der Waals surface area contributed by atoms with Gasteiger partial charge in [0.15, 0.2) is 0 Å². The van der Waals surface area contributed by atoms with Crippen LogP contribution in [0.1, 0.15) is 41.1 Å². The lowest BCUT2D eigenvalue weighted by Gasteiger charge is -2.11. The fraction of sp³-hybridized carbons (Fsp3) is 0.444. The number of nitrogens with one attached hydrogen (secondary N) is 1. The van der Waals surface area contributed by atoms with Gasteiger partial charge in [0.2, 0.25) is 0 Å². The summed E-state index contributed by atoms with van der Waals surface area (Å²) in [5.41, 5.74) is 2.86. The van der Waals surface area contributed by atoms with Gasteiger partial charge in [0.1, 0.15) is 5.75 Å². The van der Waals surface area contributed by atoms with Crippen LogP contribution in [0.25, 0.3) is 0 Å². The number of ether oxygens (including phenoxy) is 1. The summed E-state index contributed by atoms with van der Waals surface area (Å²) in [5.74, 6) is 0.958. The Labute approximate surface area is 131 Å². The number of benzene rings is 1. The van der Waals surface area contributed by atoms with Crippen LogP contribution >= 0.6 is 11.3 Å². The standard InChI is InChI=1S/C18H23NOS/c1-13(2)20-16-7-3-5-14(9-16)11-19-12-17-10-15-6-4-8-18(15)21-17/h3,5,7,9-10,13,19H,4,6,8,11-12H2,1-2H3. The summed E-state index contributed by atoms with van der Waals surface area (Å²) in [6.45, 7) is 5.96. The molecule has 0 bridgehead atoms. The Hall–Kier alpha value is -1.32. The third-order valence-corrected chi connectivity index (χ3v) is 4.93. The molecule has 0 amide bonds. The van der Waals surface area contributed by atoms with Gasteiger partial charge in [0.05, 0.1) is 6.10 Å². The van der Waals surface area contributed by atoms with Gasteiger partial charge in [-0.1, -0.05) is 12.1 Å². The van der Waals surface area contributed by atoms with Crippen molar-refractivity contribution in [3.05, 3.63) is 51.2 Å². The zero-order valence-electron chi connectivity index (χ0n) is 12.8. The molecule has 0 aliphatic heterocycles. The van der Waals surface area contributed by atoms with E-state index in [-0.39, 0.29) is 6.10 Å². The molecule has 0 spiro atoms. The molecule has 2 nitrogen and oxygen atoms in total. The van der Waals surface area contributed by atoms with Crippen molar-refractivity contribution >= 4 is 11.3 Å². The highest BCUT2D eigenvalue weighted by atomic mass is 32.1. The number of thiophene rings is 1. The van der Waals surface area contributed by atoms with Gasteiger partial charge < -0.3 is 10.1 Å². The predicted molar refractivity (Wildman–Crippen MR) is 89.1 cm³/mol. The van der Waals surface area contributed by atoms with E-state index in [4.69, 9.17) is 4.74 Å². The van der Waals surface area contributed by atoms with E-state index in [9.17, 15) is 0 Å². The molecule has 0 unspecified atom stereocenters. The first-order valence-corrected chi connectivity index (χ1v) is 8.59. The quantitative estimate of drug-likeness (QED) is 0.858. The Kier molecular flexibility index (Phi) is 4.61. The van der Waals surface area contributed by atoms with E-state index in [2.05, 4.69) is 43.4 Å². The van der Waals surface area contributed by atoms with E-state index in [0.29, 0.717) is 0 Å². The molecule has 112 valence electrons. The normalized spacial score (nSPS) is 13.7. The van der Waals surface area contributed by atoms with Crippen molar-refractivity contribution in [3.8, 4) is 5.75 Å². The molecule has 2 aromatic rings. The highest BCUT2D eigenvalue weighted by molar-refractivity contribution is 7.12. The van der Waals surface area contributed by atoms with Gasteiger partial charge in [-0.25, -0.2) is 0 Å². The molecule has 0 saturated carbocycles. The lowest BCUT2D eigenvalue weighted by Crippen LogP contribution is -2.12. The molecule has 0 atom stereocenters. The third kappa shape index (κ3) is 3.86. The smallest absolute Gasteiger partial charge is 0.120 e. The maximum absolute atomic E-state index is 5.73. The van der Waals surface area contributed by atoms with Crippen molar-refractivity contribution in [2.24, 2.45) is 0 Å². The first-order valence-electron chi connectivity index (χ1n) is 7.77. The summed E-state index contributed by atoms with van der Waals surface area (Å²) in [5, 5.41) is 3.54. The maximum atomic E-state index is 5.73. The summed E-state index contributed by atoms with van der Waals surface area (Å²) in [4.78, 5) is 3.08. The zero-order chi connectivity index (χ0) is 14.7.